The Morgan fingerprint density at radius 1 is 1.24 bits per heavy atom. The van der Waals surface area contributed by atoms with Crippen LogP contribution in [0.5, 0.6) is 0 Å². The zero-order chi connectivity index (χ0) is 12.5. The van der Waals surface area contributed by atoms with Crippen LogP contribution in [-0.4, -0.2) is 17.4 Å². The molecule has 0 radical (unpaired) electrons. The van der Waals surface area contributed by atoms with Crippen molar-refractivity contribution in [1.82, 2.24) is 4.57 Å². The molecule has 1 aromatic carbocycles. The molecule has 0 unspecified atom stereocenters. The Bertz CT molecular complexity index is 516. The lowest BCUT2D eigenvalue weighted by atomic mass is 10.2. The van der Waals surface area contributed by atoms with E-state index in [-0.39, 0.29) is 6.73 Å². The highest BCUT2D eigenvalue weighted by Crippen LogP contribution is 2.19. The van der Waals surface area contributed by atoms with E-state index in [0.29, 0.717) is 0 Å². The molecule has 2 rings (SSSR count). The first kappa shape index (κ1) is 12.0. The molecule has 2 aromatic rings. The second kappa shape index (κ2) is 4.41. The van der Waals surface area contributed by atoms with E-state index >= 15 is 0 Å². The van der Waals surface area contributed by atoms with Gasteiger partial charge in [0.1, 0.15) is 13.3 Å². The summed E-state index contributed by atoms with van der Waals surface area (Å²) in [5.41, 5.74) is 1.94. The number of ether oxygens (including phenoxy) is 1. The molecule has 5 heteroatoms. The van der Waals surface area contributed by atoms with Crippen LogP contribution in [-0.2, 0) is 11.5 Å². The van der Waals surface area contributed by atoms with Gasteiger partial charge in [-0.25, -0.2) is 0 Å². The highest BCUT2D eigenvalue weighted by Gasteiger charge is 2.27. The normalized spacial score (nSPS) is 12.2. The van der Waals surface area contributed by atoms with E-state index < -0.39 is 12.8 Å². The van der Waals surface area contributed by atoms with Crippen molar-refractivity contribution in [3.63, 3.8) is 0 Å². The van der Waals surface area contributed by atoms with E-state index in [9.17, 15) is 13.2 Å². The minimum absolute atomic E-state index is 0.0908. The maximum Gasteiger partial charge on any atom is 0.411 e. The zero-order valence-corrected chi connectivity index (χ0v) is 9.29. The molecule has 0 bridgehead atoms. The summed E-state index contributed by atoms with van der Waals surface area (Å²) in [6, 6.07) is 7.67. The molecule has 1 aromatic heterocycles. The number of rotatable bonds is 3. The van der Waals surface area contributed by atoms with E-state index in [0.717, 1.165) is 16.5 Å². The van der Waals surface area contributed by atoms with Crippen LogP contribution < -0.4 is 0 Å². The fourth-order valence-corrected chi connectivity index (χ4v) is 1.67. The summed E-state index contributed by atoms with van der Waals surface area (Å²) < 4.78 is 42.1. The van der Waals surface area contributed by atoms with Gasteiger partial charge in [0.2, 0.25) is 0 Å². The number of halogens is 3. The highest BCUT2D eigenvalue weighted by atomic mass is 19.4. The predicted octanol–water partition coefficient (Wildman–Crippen LogP) is 3.49. The number of aromatic nitrogens is 1. The number of hydrogen-bond donors (Lipinski definition) is 0. The molecular formula is C12H12F3NO. The van der Waals surface area contributed by atoms with Crippen LogP contribution in [0.4, 0.5) is 13.2 Å². The zero-order valence-electron chi connectivity index (χ0n) is 9.29. The topological polar surface area (TPSA) is 14.2 Å². The lowest BCUT2D eigenvalue weighted by Crippen LogP contribution is -2.18. The van der Waals surface area contributed by atoms with Gasteiger partial charge < -0.3 is 9.30 Å². The van der Waals surface area contributed by atoms with Crippen molar-refractivity contribution in [3.8, 4) is 0 Å². The average molecular weight is 243 g/mol. The van der Waals surface area contributed by atoms with Crippen LogP contribution in [0, 0.1) is 6.92 Å². The van der Waals surface area contributed by atoms with Crippen LogP contribution >= 0.6 is 0 Å². The maximum atomic E-state index is 11.9. The number of benzene rings is 1. The number of nitrogens with zero attached hydrogens (tertiary/aromatic N) is 1. The van der Waals surface area contributed by atoms with Crippen molar-refractivity contribution in [2.24, 2.45) is 0 Å². The molecule has 0 aliphatic rings. The van der Waals surface area contributed by atoms with Crippen LogP contribution in [0.2, 0.25) is 0 Å². The third-order valence-electron chi connectivity index (χ3n) is 2.43. The van der Waals surface area contributed by atoms with Crippen molar-refractivity contribution < 1.29 is 17.9 Å². The number of fused-ring (bicyclic) bond motifs is 1. The van der Waals surface area contributed by atoms with Crippen molar-refractivity contribution in [3.05, 3.63) is 36.0 Å². The fourth-order valence-electron chi connectivity index (χ4n) is 1.67. The van der Waals surface area contributed by atoms with Gasteiger partial charge in [-0.15, -0.1) is 0 Å². The first-order valence-corrected chi connectivity index (χ1v) is 5.16. The van der Waals surface area contributed by atoms with Crippen LogP contribution in [0.15, 0.2) is 30.5 Å². The Hall–Kier alpha value is -1.49. The number of hydrogen-bond acceptors (Lipinski definition) is 1. The summed E-state index contributed by atoms with van der Waals surface area (Å²) >= 11 is 0. The summed E-state index contributed by atoms with van der Waals surface area (Å²) in [5, 5.41) is 0.992. The van der Waals surface area contributed by atoms with E-state index in [1.54, 1.807) is 10.8 Å². The quantitative estimate of drug-likeness (QED) is 0.804. The Morgan fingerprint density at radius 2 is 2.00 bits per heavy atom. The third kappa shape index (κ3) is 3.00. The molecule has 0 amide bonds. The van der Waals surface area contributed by atoms with Crippen molar-refractivity contribution in [1.29, 1.82) is 0 Å². The second-order valence-electron chi connectivity index (χ2n) is 3.94. The molecule has 1 heterocycles. The summed E-state index contributed by atoms with van der Waals surface area (Å²) in [5.74, 6) is 0. The Morgan fingerprint density at radius 3 is 2.71 bits per heavy atom. The molecule has 0 saturated carbocycles. The average Bonchev–Trinajstić information content (AvgIpc) is 2.59. The van der Waals surface area contributed by atoms with Crippen molar-refractivity contribution >= 4 is 10.9 Å². The Kier molecular flexibility index (Phi) is 3.11. The van der Waals surface area contributed by atoms with E-state index in [1.165, 1.54) is 0 Å². The standard InChI is InChI=1S/C12H12F3NO/c1-9-2-3-10-4-5-16(11(10)6-9)8-17-7-12(13,14)15/h2-6H,7-8H2,1H3. The summed E-state index contributed by atoms with van der Waals surface area (Å²) in [4.78, 5) is 0. The van der Waals surface area contributed by atoms with E-state index in [4.69, 9.17) is 0 Å². The molecule has 0 N–H and O–H groups in total. The molecule has 0 aliphatic heterocycles. The van der Waals surface area contributed by atoms with Gasteiger partial charge in [-0.1, -0.05) is 12.1 Å². The van der Waals surface area contributed by atoms with E-state index in [2.05, 4.69) is 4.74 Å². The maximum absolute atomic E-state index is 11.9. The van der Waals surface area contributed by atoms with Crippen LogP contribution in [0.1, 0.15) is 5.56 Å². The fraction of sp³-hybridized carbons (Fsp3) is 0.333. The molecule has 0 aliphatic carbocycles. The molecule has 0 spiro atoms. The molecule has 2 nitrogen and oxygen atoms in total. The van der Waals surface area contributed by atoms with Gasteiger partial charge in [-0.05, 0) is 30.0 Å². The number of alkyl halides is 3. The lowest BCUT2D eigenvalue weighted by molar-refractivity contribution is -0.181. The third-order valence-corrected chi connectivity index (χ3v) is 2.43. The van der Waals surface area contributed by atoms with Crippen molar-refractivity contribution in [2.75, 3.05) is 6.61 Å². The highest BCUT2D eigenvalue weighted by molar-refractivity contribution is 5.80. The first-order chi connectivity index (χ1) is 7.96. The summed E-state index contributed by atoms with van der Waals surface area (Å²) in [7, 11) is 0. The van der Waals surface area contributed by atoms with Gasteiger partial charge in [0.05, 0.1) is 5.52 Å². The van der Waals surface area contributed by atoms with E-state index in [1.807, 2.05) is 31.2 Å². The molecule has 0 fully saturated rings. The Labute approximate surface area is 96.6 Å². The minimum atomic E-state index is -4.28. The number of aryl methyl sites for hydroxylation is 1. The van der Waals surface area contributed by atoms with Crippen LogP contribution in [0.25, 0.3) is 10.9 Å². The minimum Gasteiger partial charge on any atom is -0.351 e. The van der Waals surface area contributed by atoms with Gasteiger partial charge in [-0.2, -0.15) is 13.2 Å². The van der Waals surface area contributed by atoms with Crippen molar-refractivity contribution in [2.45, 2.75) is 19.8 Å². The largest absolute Gasteiger partial charge is 0.411 e. The predicted molar refractivity (Wildman–Crippen MR) is 58.7 cm³/mol. The van der Waals surface area contributed by atoms with Gasteiger partial charge >= 0.3 is 6.18 Å². The van der Waals surface area contributed by atoms with Gasteiger partial charge in [0, 0.05) is 6.20 Å². The van der Waals surface area contributed by atoms with Gasteiger partial charge in [0.15, 0.2) is 0 Å². The summed E-state index contributed by atoms with van der Waals surface area (Å²) in [6.45, 7) is 0.623. The van der Waals surface area contributed by atoms with Crippen LogP contribution in [0.3, 0.4) is 0 Å². The Balaban J connectivity index is 2.11. The summed E-state index contributed by atoms with van der Waals surface area (Å²) in [6.07, 6.45) is -2.56. The molecule has 0 saturated heterocycles. The van der Waals surface area contributed by atoms with Gasteiger partial charge in [0.25, 0.3) is 0 Å². The SMILES string of the molecule is Cc1ccc2ccn(COCC(F)(F)F)c2c1. The molecule has 92 valence electrons. The monoisotopic (exact) mass is 243 g/mol. The smallest absolute Gasteiger partial charge is 0.351 e. The van der Waals surface area contributed by atoms with Gasteiger partial charge in [-0.3, -0.25) is 0 Å². The second-order valence-corrected chi connectivity index (χ2v) is 3.94. The molecule has 0 atom stereocenters. The molecule has 17 heavy (non-hydrogen) atoms. The molecular weight excluding hydrogens is 231 g/mol. The first-order valence-electron chi connectivity index (χ1n) is 5.16. The lowest BCUT2D eigenvalue weighted by Gasteiger charge is -2.09.